The summed E-state index contributed by atoms with van der Waals surface area (Å²) in [5.41, 5.74) is 1.38. The van der Waals surface area contributed by atoms with Crippen molar-refractivity contribution in [2.45, 2.75) is 16.2 Å². The average Bonchev–Trinajstić information content (AvgIpc) is 2.85. The number of hydrogen-bond acceptors (Lipinski definition) is 9. The van der Waals surface area contributed by atoms with Gasteiger partial charge in [-0.3, -0.25) is 4.57 Å². The van der Waals surface area contributed by atoms with Crippen LogP contribution in [0, 0.1) is 0 Å². The minimum absolute atomic E-state index is 0.0930. The van der Waals surface area contributed by atoms with Crippen molar-refractivity contribution in [2.75, 3.05) is 28.4 Å². The third-order valence-electron chi connectivity index (χ3n) is 4.89. The van der Waals surface area contributed by atoms with Gasteiger partial charge in [0.15, 0.2) is 5.16 Å². The molecule has 0 saturated heterocycles. The van der Waals surface area contributed by atoms with Crippen molar-refractivity contribution in [3.63, 3.8) is 0 Å². The summed E-state index contributed by atoms with van der Waals surface area (Å²) in [6, 6.07) is 10.4. The Morgan fingerprint density at radius 3 is 2.11 bits per heavy atom. The van der Waals surface area contributed by atoms with Crippen LogP contribution in [0.1, 0.15) is 15.9 Å². The number of hydrogen-bond donors (Lipinski definition) is 1. The quantitative estimate of drug-likeness (QED) is 0.206. The van der Waals surface area contributed by atoms with E-state index in [-0.39, 0.29) is 38.6 Å². The predicted molar refractivity (Wildman–Crippen MR) is 136 cm³/mol. The molecule has 0 saturated carbocycles. The molecule has 3 aromatic rings. The first-order valence-corrected chi connectivity index (χ1v) is 13.6. The standard InChI is InChI=1S/C22H21BrClN2O7PS/c1-30-17-10-18(31-2)26-22(25-17)35-16-9-14(12-5-7-13(23)8-6-12)15(11-34(29,32-3)33-4)20(24)19(16)21(27)28/h5-10H,11H2,1-4H3,(H,27,28). The summed E-state index contributed by atoms with van der Waals surface area (Å²) in [6.45, 7) is 0. The number of carboxylic acid groups (broad SMARTS) is 1. The van der Waals surface area contributed by atoms with Crippen LogP contribution in [0.5, 0.6) is 11.8 Å². The highest BCUT2D eigenvalue weighted by Gasteiger charge is 2.30. The van der Waals surface area contributed by atoms with Gasteiger partial charge < -0.3 is 23.6 Å². The molecule has 9 nitrogen and oxygen atoms in total. The molecule has 0 aliphatic rings. The molecule has 0 fully saturated rings. The zero-order valence-corrected chi connectivity index (χ0v) is 23.1. The maximum atomic E-state index is 13.0. The molecular formula is C22H21BrClN2O7PS. The largest absolute Gasteiger partial charge is 0.481 e. The van der Waals surface area contributed by atoms with Crippen LogP contribution in [0.3, 0.4) is 0 Å². The van der Waals surface area contributed by atoms with Gasteiger partial charge in [0.2, 0.25) is 11.8 Å². The number of nitrogens with zero attached hydrogens (tertiary/aromatic N) is 2. The van der Waals surface area contributed by atoms with E-state index in [1.807, 2.05) is 24.3 Å². The number of methoxy groups -OCH3 is 2. The highest BCUT2D eigenvalue weighted by Crippen LogP contribution is 2.53. The van der Waals surface area contributed by atoms with E-state index in [1.165, 1.54) is 34.5 Å². The van der Waals surface area contributed by atoms with Gasteiger partial charge in [0, 0.05) is 23.6 Å². The van der Waals surface area contributed by atoms with E-state index in [9.17, 15) is 14.5 Å². The Bertz CT molecular complexity index is 1260. The van der Waals surface area contributed by atoms with E-state index >= 15 is 0 Å². The van der Waals surface area contributed by atoms with Gasteiger partial charge in [0.25, 0.3) is 0 Å². The number of ether oxygens (including phenoxy) is 2. The second kappa shape index (κ2) is 11.7. The Balaban J connectivity index is 2.28. The normalized spacial score (nSPS) is 11.4. The van der Waals surface area contributed by atoms with Crippen LogP contribution in [0.4, 0.5) is 0 Å². The van der Waals surface area contributed by atoms with Crippen molar-refractivity contribution in [1.82, 2.24) is 9.97 Å². The fraction of sp³-hybridized carbons (Fsp3) is 0.227. The first-order chi connectivity index (χ1) is 16.6. The Morgan fingerprint density at radius 1 is 1.06 bits per heavy atom. The number of carbonyl (C=O) groups is 1. The molecule has 1 heterocycles. The second-order valence-electron chi connectivity index (χ2n) is 6.87. The van der Waals surface area contributed by atoms with Gasteiger partial charge in [-0.15, -0.1) is 0 Å². The molecule has 2 aromatic carbocycles. The minimum Gasteiger partial charge on any atom is -0.481 e. The Kier molecular flexibility index (Phi) is 9.20. The number of aromatic nitrogens is 2. The van der Waals surface area contributed by atoms with Crippen LogP contribution in [0.2, 0.25) is 5.02 Å². The molecule has 186 valence electrons. The van der Waals surface area contributed by atoms with Gasteiger partial charge in [-0.1, -0.05) is 39.7 Å². The molecule has 1 N–H and O–H groups in total. The summed E-state index contributed by atoms with van der Waals surface area (Å²) < 4.78 is 34.4. The molecule has 0 amide bonds. The lowest BCUT2D eigenvalue weighted by Crippen LogP contribution is -2.06. The van der Waals surface area contributed by atoms with Crippen LogP contribution in [0.15, 0.2) is 50.9 Å². The first kappa shape index (κ1) is 27.4. The van der Waals surface area contributed by atoms with E-state index < -0.39 is 13.6 Å². The predicted octanol–water partition coefficient (Wildman–Crippen LogP) is 6.41. The number of carboxylic acids is 1. The van der Waals surface area contributed by atoms with Gasteiger partial charge in [0.05, 0.1) is 37.0 Å². The Labute approximate surface area is 219 Å². The summed E-state index contributed by atoms with van der Waals surface area (Å²) in [4.78, 5) is 21.1. The lowest BCUT2D eigenvalue weighted by molar-refractivity contribution is 0.0693. The molecule has 0 radical (unpaired) electrons. The summed E-state index contributed by atoms with van der Waals surface area (Å²) in [7, 11) is 1.81. The molecular weight excluding hydrogens is 583 g/mol. The number of halogens is 2. The highest BCUT2D eigenvalue weighted by molar-refractivity contribution is 9.10. The van der Waals surface area contributed by atoms with Crippen LogP contribution in [-0.4, -0.2) is 49.5 Å². The van der Waals surface area contributed by atoms with Crippen molar-refractivity contribution in [3.05, 3.63) is 57.0 Å². The average molecular weight is 604 g/mol. The van der Waals surface area contributed by atoms with Crippen LogP contribution < -0.4 is 9.47 Å². The fourth-order valence-corrected chi connectivity index (χ4v) is 5.95. The zero-order chi connectivity index (χ0) is 25.8. The number of rotatable bonds is 10. The van der Waals surface area contributed by atoms with E-state index in [1.54, 1.807) is 6.07 Å². The van der Waals surface area contributed by atoms with Crippen molar-refractivity contribution in [3.8, 4) is 22.9 Å². The monoisotopic (exact) mass is 602 g/mol. The van der Waals surface area contributed by atoms with E-state index in [2.05, 4.69) is 25.9 Å². The maximum absolute atomic E-state index is 13.0. The molecule has 0 atom stereocenters. The molecule has 0 aliphatic heterocycles. The van der Waals surface area contributed by atoms with Gasteiger partial charge in [-0.25, -0.2) is 4.79 Å². The molecule has 0 aliphatic carbocycles. The van der Waals surface area contributed by atoms with E-state index in [0.717, 1.165) is 16.2 Å². The SMILES string of the molecule is COc1cc(OC)nc(Sc2cc(-c3ccc(Br)cc3)c(CP(=O)(OC)OC)c(Cl)c2C(=O)O)n1. The summed E-state index contributed by atoms with van der Waals surface area (Å²) >= 11 is 11.1. The van der Waals surface area contributed by atoms with Crippen molar-refractivity contribution in [2.24, 2.45) is 0 Å². The van der Waals surface area contributed by atoms with Crippen molar-refractivity contribution >= 4 is 52.9 Å². The van der Waals surface area contributed by atoms with Crippen molar-refractivity contribution in [1.29, 1.82) is 0 Å². The lowest BCUT2D eigenvalue weighted by atomic mass is 9.98. The second-order valence-corrected chi connectivity index (χ2v) is 11.4. The highest BCUT2D eigenvalue weighted by atomic mass is 79.9. The summed E-state index contributed by atoms with van der Waals surface area (Å²) in [5.74, 6) is -0.790. The van der Waals surface area contributed by atoms with Gasteiger partial charge >= 0.3 is 13.6 Å². The smallest absolute Gasteiger partial charge is 0.338 e. The van der Waals surface area contributed by atoms with Gasteiger partial charge in [-0.05, 0) is 46.7 Å². The third-order valence-corrected chi connectivity index (χ3v) is 8.56. The minimum atomic E-state index is -3.59. The van der Waals surface area contributed by atoms with Gasteiger partial charge in [0.1, 0.15) is 0 Å². The number of benzene rings is 2. The molecule has 1 aromatic heterocycles. The summed E-state index contributed by atoms with van der Waals surface area (Å²) in [6.07, 6.45) is -0.237. The lowest BCUT2D eigenvalue weighted by Gasteiger charge is -2.20. The molecule has 0 spiro atoms. The number of aromatic carboxylic acids is 1. The summed E-state index contributed by atoms with van der Waals surface area (Å²) in [5, 5.41) is 10.1. The third kappa shape index (κ3) is 6.35. The zero-order valence-electron chi connectivity index (χ0n) is 19.1. The fourth-order valence-electron chi connectivity index (χ4n) is 3.12. The van der Waals surface area contributed by atoms with Crippen molar-refractivity contribution < 1.29 is 33.0 Å². The Hall–Kier alpha value is -2.14. The molecule has 0 unspecified atom stereocenters. The van der Waals surface area contributed by atoms with E-state index in [4.69, 9.17) is 30.1 Å². The van der Waals surface area contributed by atoms with Crippen LogP contribution in [-0.2, 0) is 19.8 Å². The molecule has 35 heavy (non-hydrogen) atoms. The topological polar surface area (TPSA) is 117 Å². The van der Waals surface area contributed by atoms with E-state index in [0.29, 0.717) is 16.7 Å². The molecule has 13 heteroatoms. The first-order valence-electron chi connectivity index (χ1n) is 9.84. The maximum Gasteiger partial charge on any atom is 0.338 e. The Morgan fingerprint density at radius 2 is 1.63 bits per heavy atom. The van der Waals surface area contributed by atoms with Crippen LogP contribution in [0.25, 0.3) is 11.1 Å². The molecule has 3 rings (SSSR count). The molecule has 0 bridgehead atoms. The van der Waals surface area contributed by atoms with Crippen LogP contribution >= 0.6 is 46.9 Å². The van der Waals surface area contributed by atoms with Gasteiger partial charge in [-0.2, -0.15) is 9.97 Å².